The van der Waals surface area contributed by atoms with Gasteiger partial charge >= 0.3 is 0 Å². The topological polar surface area (TPSA) is 8.17 Å². The van der Waals surface area contributed by atoms with Gasteiger partial charge in [0.2, 0.25) is 0 Å². The Bertz CT molecular complexity index is 2410. The quantitative estimate of drug-likeness (QED) is 0.174. The van der Waals surface area contributed by atoms with Gasteiger partial charge in [0.05, 0.1) is 22.9 Å². The lowest BCUT2D eigenvalue weighted by Gasteiger charge is -2.37. The molecule has 0 saturated carbocycles. The maximum Gasteiger partial charge on any atom is 0.0984 e. The Hall–Kier alpha value is -4.86. The number of para-hydroxylation sites is 3. The number of nitrogens with zero attached hydrogens (tertiary/aromatic N) is 2. The van der Waals surface area contributed by atoms with Crippen LogP contribution in [-0.2, 0) is 11.8 Å². The van der Waals surface area contributed by atoms with E-state index in [1.54, 1.807) is 0 Å². The summed E-state index contributed by atoms with van der Waals surface area (Å²) in [6.45, 7) is 0. The van der Waals surface area contributed by atoms with E-state index in [9.17, 15) is 0 Å². The maximum absolute atomic E-state index is 6.91. The van der Waals surface area contributed by atoms with Gasteiger partial charge in [0.1, 0.15) is 0 Å². The molecular weight excluding hydrogens is 628 g/mol. The van der Waals surface area contributed by atoms with Gasteiger partial charge < -0.3 is 9.24 Å². The molecule has 1 aliphatic rings. The molecule has 8 aromatic rings. The molecule has 0 spiro atoms. The number of fused-ring (bicyclic) bond motifs is 5. The SMILES string of the molecule is S=P1(c2ccccc2)c2ccccc2Sc2ccccc2N1c1ccc(-c2ccc(-n3c4ccccc4c4ccccc43)cc2)cc1. The van der Waals surface area contributed by atoms with Crippen LogP contribution >= 0.6 is 18.0 Å². The largest absolute Gasteiger partial charge is 0.309 e. The zero-order chi connectivity index (χ0) is 31.4. The van der Waals surface area contributed by atoms with Crippen molar-refractivity contribution in [2.24, 2.45) is 0 Å². The molecule has 0 radical (unpaired) electrons. The van der Waals surface area contributed by atoms with E-state index in [0.717, 1.165) is 17.1 Å². The number of anilines is 2. The van der Waals surface area contributed by atoms with Gasteiger partial charge in [-0.1, -0.05) is 145 Å². The van der Waals surface area contributed by atoms with Gasteiger partial charge in [-0.05, 0) is 65.7 Å². The van der Waals surface area contributed by atoms with E-state index >= 15 is 0 Å². The fraction of sp³-hybridized carbons (Fsp3) is 0. The average Bonchev–Trinajstić information content (AvgIpc) is 3.42. The van der Waals surface area contributed by atoms with E-state index in [1.165, 1.54) is 53.3 Å². The summed E-state index contributed by atoms with van der Waals surface area (Å²) in [5.41, 5.74) is 8.21. The molecule has 1 unspecified atom stereocenters. The predicted octanol–water partition coefficient (Wildman–Crippen LogP) is 11.1. The van der Waals surface area contributed by atoms with Crippen molar-refractivity contribution in [3.05, 3.63) is 176 Å². The minimum absolute atomic E-state index is 1.10. The first-order valence-corrected chi connectivity index (χ1v) is 19.3. The third kappa shape index (κ3) is 4.59. The highest BCUT2D eigenvalue weighted by atomic mass is 32.4. The van der Waals surface area contributed by atoms with Crippen LogP contribution < -0.4 is 15.3 Å². The monoisotopic (exact) mass is 656 g/mol. The van der Waals surface area contributed by atoms with Gasteiger partial charge in [-0.2, -0.15) is 0 Å². The summed E-state index contributed by atoms with van der Waals surface area (Å²) in [4.78, 5) is 2.45. The van der Waals surface area contributed by atoms with E-state index in [0.29, 0.717) is 0 Å². The molecule has 2 heterocycles. The lowest BCUT2D eigenvalue weighted by molar-refractivity contribution is 1.18. The van der Waals surface area contributed by atoms with Gasteiger partial charge in [-0.3, -0.25) is 0 Å². The van der Waals surface area contributed by atoms with Crippen LogP contribution in [-0.4, -0.2) is 4.57 Å². The molecule has 0 N–H and O–H groups in total. The molecule has 1 atom stereocenters. The number of aromatic nitrogens is 1. The summed E-state index contributed by atoms with van der Waals surface area (Å²) in [5.74, 6) is 0. The summed E-state index contributed by atoms with van der Waals surface area (Å²) in [7, 11) is 0. The third-order valence-corrected chi connectivity index (χ3v) is 15.1. The third-order valence-electron chi connectivity index (χ3n) is 9.04. The zero-order valence-electron chi connectivity index (χ0n) is 25.4. The molecular formula is C42H29N2PS2. The van der Waals surface area contributed by atoms with Crippen LogP contribution in [0.3, 0.4) is 0 Å². The first-order chi connectivity index (χ1) is 23.2. The molecule has 5 heteroatoms. The number of hydrogen-bond acceptors (Lipinski definition) is 2. The lowest BCUT2D eigenvalue weighted by atomic mass is 10.0. The van der Waals surface area contributed by atoms with Crippen LogP contribution in [0.5, 0.6) is 0 Å². The minimum atomic E-state index is -2.48. The fourth-order valence-corrected chi connectivity index (χ4v) is 12.9. The van der Waals surface area contributed by atoms with E-state index < -0.39 is 6.19 Å². The van der Waals surface area contributed by atoms with E-state index in [2.05, 4.69) is 185 Å². The summed E-state index contributed by atoms with van der Waals surface area (Å²) in [5, 5.41) is 4.96. The second-order valence-electron chi connectivity index (χ2n) is 11.7. The molecule has 9 rings (SSSR count). The number of benzene rings is 7. The van der Waals surface area contributed by atoms with Crippen LogP contribution in [0.25, 0.3) is 38.6 Å². The Labute approximate surface area is 284 Å². The van der Waals surface area contributed by atoms with Crippen molar-refractivity contribution in [1.29, 1.82) is 0 Å². The molecule has 0 fully saturated rings. The van der Waals surface area contributed by atoms with Crippen molar-refractivity contribution in [3.63, 3.8) is 0 Å². The molecule has 1 aliphatic heterocycles. The van der Waals surface area contributed by atoms with Crippen LogP contribution in [0.4, 0.5) is 11.4 Å². The van der Waals surface area contributed by atoms with E-state index in [4.69, 9.17) is 11.8 Å². The highest BCUT2D eigenvalue weighted by molar-refractivity contribution is 8.23. The maximum atomic E-state index is 6.91. The average molecular weight is 657 g/mol. The van der Waals surface area contributed by atoms with Crippen molar-refractivity contribution < 1.29 is 0 Å². The Morgan fingerprint density at radius 2 is 0.957 bits per heavy atom. The van der Waals surface area contributed by atoms with Crippen LogP contribution in [0.2, 0.25) is 0 Å². The summed E-state index contributed by atoms with van der Waals surface area (Å²) >= 11 is 8.73. The molecule has 0 saturated heterocycles. The van der Waals surface area contributed by atoms with Gasteiger partial charge in [-0.25, -0.2) is 0 Å². The minimum Gasteiger partial charge on any atom is -0.309 e. The molecule has 2 nitrogen and oxygen atoms in total. The van der Waals surface area contributed by atoms with Crippen molar-refractivity contribution in [3.8, 4) is 16.8 Å². The standard InChI is InChI=1S/C42H29N2PS2/c46-45(34-12-2-1-3-13-34)40-19-9-11-21-42(40)47-41-20-10-8-18-39(41)44(45)33-28-24-31(25-29-33)30-22-26-32(27-23-30)43-37-16-6-4-14-35(37)36-15-5-7-17-38(36)43/h1-29H. The molecule has 7 aromatic carbocycles. The second-order valence-corrected chi connectivity index (χ2v) is 16.9. The van der Waals surface area contributed by atoms with Gasteiger partial charge in [0.15, 0.2) is 0 Å². The van der Waals surface area contributed by atoms with Crippen LogP contribution in [0.1, 0.15) is 0 Å². The van der Waals surface area contributed by atoms with Crippen LogP contribution in [0, 0.1) is 0 Å². The van der Waals surface area contributed by atoms with Gasteiger partial charge in [-0.15, -0.1) is 0 Å². The van der Waals surface area contributed by atoms with Crippen LogP contribution in [0.15, 0.2) is 186 Å². The van der Waals surface area contributed by atoms with Gasteiger partial charge in [0.25, 0.3) is 0 Å². The first-order valence-electron chi connectivity index (χ1n) is 15.7. The van der Waals surface area contributed by atoms with Gasteiger partial charge in [0, 0.05) is 42.5 Å². The highest BCUT2D eigenvalue weighted by Gasteiger charge is 2.37. The summed E-state index contributed by atoms with van der Waals surface area (Å²) in [6.07, 6.45) is -2.48. The molecule has 0 amide bonds. The summed E-state index contributed by atoms with van der Waals surface area (Å²) < 4.78 is 4.82. The Kier molecular flexibility index (Phi) is 6.90. The molecule has 0 aliphatic carbocycles. The van der Waals surface area contributed by atoms with E-state index in [-0.39, 0.29) is 0 Å². The smallest absolute Gasteiger partial charge is 0.0984 e. The lowest BCUT2D eigenvalue weighted by Crippen LogP contribution is -2.29. The van der Waals surface area contributed by atoms with Crippen molar-refractivity contribution in [1.82, 2.24) is 4.57 Å². The molecule has 0 bridgehead atoms. The molecule has 224 valence electrons. The highest BCUT2D eigenvalue weighted by Crippen LogP contribution is 2.60. The molecule has 1 aromatic heterocycles. The Morgan fingerprint density at radius 1 is 0.447 bits per heavy atom. The van der Waals surface area contributed by atoms with Crippen molar-refractivity contribution in [2.75, 3.05) is 4.67 Å². The van der Waals surface area contributed by atoms with E-state index in [1.807, 2.05) is 11.8 Å². The Balaban J connectivity index is 1.14. The van der Waals surface area contributed by atoms with Crippen molar-refractivity contribution in [2.45, 2.75) is 9.79 Å². The number of rotatable bonds is 4. The predicted molar refractivity (Wildman–Crippen MR) is 205 cm³/mol. The number of hydrogen-bond donors (Lipinski definition) is 0. The zero-order valence-corrected chi connectivity index (χ0v) is 27.9. The fourth-order valence-electron chi connectivity index (χ4n) is 6.88. The molecule has 47 heavy (non-hydrogen) atoms. The van der Waals surface area contributed by atoms with Crippen molar-refractivity contribution >= 4 is 73.5 Å². The first kappa shape index (κ1) is 28.4. The Morgan fingerprint density at radius 3 is 1.62 bits per heavy atom. The normalized spacial score (nSPS) is 15.7. The second kappa shape index (κ2) is 11.4. The summed E-state index contributed by atoms with van der Waals surface area (Å²) in [6, 6.07) is 63.3.